The molecular formula is C17H22F3N3O. The first-order chi connectivity index (χ1) is 11.4. The number of anilines is 1. The Balaban J connectivity index is 1.70. The summed E-state index contributed by atoms with van der Waals surface area (Å²) in [5.41, 5.74) is -0.687. The molecule has 24 heavy (non-hydrogen) atoms. The highest BCUT2D eigenvalue weighted by atomic mass is 19.4. The second-order valence-electron chi connectivity index (χ2n) is 6.72. The molecule has 2 heterocycles. The van der Waals surface area contributed by atoms with Crippen molar-refractivity contribution >= 4 is 11.7 Å². The third kappa shape index (κ3) is 3.49. The second-order valence-corrected chi connectivity index (χ2v) is 6.72. The third-order valence-electron chi connectivity index (χ3n) is 5.14. The van der Waals surface area contributed by atoms with Crippen LogP contribution in [0.3, 0.4) is 0 Å². The maximum atomic E-state index is 12.9. The van der Waals surface area contributed by atoms with Crippen LogP contribution in [0.15, 0.2) is 18.3 Å². The molecule has 1 aromatic heterocycles. The molecule has 1 saturated carbocycles. The monoisotopic (exact) mass is 341 g/mol. The van der Waals surface area contributed by atoms with Crippen molar-refractivity contribution in [2.75, 3.05) is 25.0 Å². The summed E-state index contributed by atoms with van der Waals surface area (Å²) >= 11 is 0. The number of pyridine rings is 1. The lowest BCUT2D eigenvalue weighted by Gasteiger charge is -2.40. The fourth-order valence-electron chi connectivity index (χ4n) is 3.37. The van der Waals surface area contributed by atoms with Crippen LogP contribution in [0, 0.1) is 5.92 Å². The molecule has 132 valence electrons. The number of hydrogen-bond donors (Lipinski definition) is 0. The quantitative estimate of drug-likeness (QED) is 0.846. The maximum absolute atomic E-state index is 12.9. The molecule has 1 aliphatic carbocycles. The van der Waals surface area contributed by atoms with Gasteiger partial charge in [0, 0.05) is 38.3 Å². The maximum Gasteiger partial charge on any atom is 0.416 e. The molecule has 7 heteroatoms. The van der Waals surface area contributed by atoms with Gasteiger partial charge in [-0.05, 0) is 37.8 Å². The number of likely N-dealkylation sites (N-methyl/N-ethyl adjacent to an activating group) is 1. The average molecular weight is 341 g/mol. The lowest BCUT2D eigenvalue weighted by Crippen LogP contribution is -2.51. The van der Waals surface area contributed by atoms with Crippen molar-refractivity contribution in [1.29, 1.82) is 0 Å². The number of alkyl halides is 3. The molecule has 1 aromatic rings. The predicted octanol–water partition coefficient (Wildman–Crippen LogP) is 3.33. The molecule has 1 saturated heterocycles. The van der Waals surface area contributed by atoms with Gasteiger partial charge in [0.15, 0.2) is 0 Å². The van der Waals surface area contributed by atoms with Gasteiger partial charge in [0.1, 0.15) is 5.82 Å². The van der Waals surface area contributed by atoms with Gasteiger partial charge in [-0.1, -0.05) is 6.42 Å². The Labute approximate surface area is 139 Å². The topological polar surface area (TPSA) is 36.4 Å². The van der Waals surface area contributed by atoms with Gasteiger partial charge in [-0.15, -0.1) is 0 Å². The number of halogens is 3. The number of aromatic nitrogens is 1. The molecule has 0 bridgehead atoms. The average Bonchev–Trinajstić information content (AvgIpc) is 2.52. The van der Waals surface area contributed by atoms with Crippen molar-refractivity contribution in [2.24, 2.45) is 5.92 Å². The number of nitrogens with zero attached hydrogens (tertiary/aromatic N) is 3. The fourth-order valence-corrected chi connectivity index (χ4v) is 3.37. The van der Waals surface area contributed by atoms with Crippen LogP contribution in [0.2, 0.25) is 0 Å². The summed E-state index contributed by atoms with van der Waals surface area (Å²) in [6.07, 6.45) is 1.56. The Bertz CT molecular complexity index is 601. The van der Waals surface area contributed by atoms with Crippen LogP contribution in [-0.4, -0.2) is 42.0 Å². The van der Waals surface area contributed by atoms with Crippen molar-refractivity contribution in [3.63, 3.8) is 0 Å². The predicted molar refractivity (Wildman–Crippen MR) is 84.6 cm³/mol. The Hall–Kier alpha value is -1.79. The summed E-state index contributed by atoms with van der Waals surface area (Å²) in [4.78, 5) is 20.1. The Kier molecular flexibility index (Phi) is 4.69. The van der Waals surface area contributed by atoms with Crippen molar-refractivity contribution in [1.82, 2.24) is 9.88 Å². The first kappa shape index (κ1) is 17.0. The number of amides is 1. The van der Waals surface area contributed by atoms with Gasteiger partial charge in [-0.2, -0.15) is 13.2 Å². The molecule has 1 unspecified atom stereocenters. The molecular weight excluding hydrogens is 319 g/mol. The summed E-state index contributed by atoms with van der Waals surface area (Å²) < 4.78 is 38.6. The largest absolute Gasteiger partial charge is 0.416 e. The summed E-state index contributed by atoms with van der Waals surface area (Å²) in [5.74, 6) is 0.640. The van der Waals surface area contributed by atoms with Crippen molar-refractivity contribution < 1.29 is 18.0 Å². The van der Waals surface area contributed by atoms with Crippen LogP contribution in [0.4, 0.5) is 19.0 Å². The van der Waals surface area contributed by atoms with Crippen molar-refractivity contribution in [2.45, 2.75) is 44.3 Å². The van der Waals surface area contributed by atoms with Crippen LogP contribution in [0.25, 0.3) is 0 Å². The molecule has 1 aliphatic heterocycles. The lowest BCUT2D eigenvalue weighted by molar-refractivity contribution is -0.139. The highest BCUT2D eigenvalue weighted by Crippen LogP contribution is 2.32. The second kappa shape index (κ2) is 6.61. The zero-order chi connectivity index (χ0) is 17.3. The first-order valence-corrected chi connectivity index (χ1v) is 8.41. The molecule has 1 atom stereocenters. The highest BCUT2D eigenvalue weighted by molar-refractivity contribution is 5.79. The van der Waals surface area contributed by atoms with Crippen LogP contribution in [-0.2, 0) is 11.0 Å². The molecule has 2 fully saturated rings. The molecule has 0 radical (unpaired) electrons. The van der Waals surface area contributed by atoms with Gasteiger partial charge < -0.3 is 9.80 Å². The van der Waals surface area contributed by atoms with E-state index in [0.29, 0.717) is 18.9 Å². The van der Waals surface area contributed by atoms with E-state index < -0.39 is 11.7 Å². The van der Waals surface area contributed by atoms with E-state index in [1.165, 1.54) is 6.20 Å². The highest BCUT2D eigenvalue weighted by Gasteiger charge is 2.34. The molecule has 4 nitrogen and oxygen atoms in total. The Morgan fingerprint density at radius 1 is 1.29 bits per heavy atom. The summed E-state index contributed by atoms with van der Waals surface area (Å²) in [6, 6.07) is 2.11. The van der Waals surface area contributed by atoms with Crippen molar-refractivity contribution in [3.05, 3.63) is 23.9 Å². The van der Waals surface area contributed by atoms with Crippen LogP contribution >= 0.6 is 0 Å². The van der Waals surface area contributed by atoms with E-state index in [1.807, 2.05) is 11.9 Å². The van der Waals surface area contributed by atoms with Gasteiger partial charge in [0.05, 0.1) is 5.56 Å². The zero-order valence-electron chi connectivity index (χ0n) is 13.7. The van der Waals surface area contributed by atoms with E-state index in [1.54, 1.807) is 4.90 Å². The van der Waals surface area contributed by atoms with E-state index in [9.17, 15) is 18.0 Å². The third-order valence-corrected chi connectivity index (χ3v) is 5.14. The number of piperidine rings is 1. The molecule has 0 N–H and O–H groups in total. The smallest absolute Gasteiger partial charge is 0.355 e. The van der Waals surface area contributed by atoms with E-state index in [4.69, 9.17) is 0 Å². The minimum absolute atomic E-state index is 0.0307. The molecule has 3 rings (SSSR count). The van der Waals surface area contributed by atoms with Gasteiger partial charge in [-0.25, -0.2) is 4.98 Å². The Morgan fingerprint density at radius 3 is 2.67 bits per heavy atom. The van der Waals surface area contributed by atoms with Crippen LogP contribution in [0.1, 0.15) is 37.7 Å². The van der Waals surface area contributed by atoms with Gasteiger partial charge in [0.25, 0.3) is 0 Å². The first-order valence-electron chi connectivity index (χ1n) is 8.41. The summed E-state index contributed by atoms with van der Waals surface area (Å²) in [5, 5.41) is 0. The van der Waals surface area contributed by atoms with E-state index >= 15 is 0 Å². The van der Waals surface area contributed by atoms with Gasteiger partial charge >= 0.3 is 6.18 Å². The van der Waals surface area contributed by atoms with Crippen LogP contribution < -0.4 is 4.90 Å². The van der Waals surface area contributed by atoms with E-state index in [-0.39, 0.29) is 17.9 Å². The van der Waals surface area contributed by atoms with Gasteiger partial charge in [-0.3, -0.25) is 4.79 Å². The zero-order valence-corrected chi connectivity index (χ0v) is 13.7. The number of carbonyl (C=O) groups excluding carboxylic acids is 1. The number of carbonyl (C=O) groups is 1. The molecule has 2 aliphatic rings. The fraction of sp³-hybridized carbons (Fsp3) is 0.647. The molecule has 1 amide bonds. The van der Waals surface area contributed by atoms with Crippen molar-refractivity contribution in [3.8, 4) is 0 Å². The van der Waals surface area contributed by atoms with Crippen LogP contribution in [0.5, 0.6) is 0 Å². The summed E-state index contributed by atoms with van der Waals surface area (Å²) in [6.45, 7) is 1.19. The SMILES string of the molecule is CN(C(=O)C1CCC1)C1CCCN(c2cc(C(F)(F)F)ccn2)C1. The minimum atomic E-state index is -4.37. The number of hydrogen-bond acceptors (Lipinski definition) is 3. The molecule has 0 aromatic carbocycles. The van der Waals surface area contributed by atoms with E-state index in [0.717, 1.165) is 44.2 Å². The standard InChI is InChI=1S/C17H22F3N3O/c1-22(16(24)12-4-2-5-12)14-6-3-9-23(11-14)15-10-13(7-8-21-15)17(18,19)20/h7-8,10,12,14H,2-6,9,11H2,1H3. The minimum Gasteiger partial charge on any atom is -0.355 e. The lowest BCUT2D eigenvalue weighted by atomic mass is 9.84. The summed E-state index contributed by atoms with van der Waals surface area (Å²) in [7, 11) is 1.81. The normalized spacial score (nSPS) is 22.2. The van der Waals surface area contributed by atoms with Gasteiger partial charge in [0.2, 0.25) is 5.91 Å². The molecule has 0 spiro atoms. The van der Waals surface area contributed by atoms with E-state index in [2.05, 4.69) is 4.98 Å². The Morgan fingerprint density at radius 2 is 2.04 bits per heavy atom. The number of rotatable bonds is 3.